The van der Waals surface area contributed by atoms with E-state index in [4.69, 9.17) is 11.5 Å². The van der Waals surface area contributed by atoms with Crippen molar-refractivity contribution in [3.8, 4) is 11.1 Å². The average molecular weight is 311 g/mol. The molecule has 3 rings (SSSR count). The van der Waals surface area contributed by atoms with Crippen LogP contribution >= 0.6 is 0 Å². The van der Waals surface area contributed by atoms with Crippen molar-refractivity contribution in [2.24, 2.45) is 5.73 Å². The Morgan fingerprint density at radius 1 is 1.17 bits per heavy atom. The summed E-state index contributed by atoms with van der Waals surface area (Å²) in [4.78, 5) is 11.7. The van der Waals surface area contributed by atoms with Crippen LogP contribution in [0.15, 0.2) is 48.7 Å². The minimum Gasteiger partial charge on any atom is -0.398 e. The molecule has 4 nitrogen and oxygen atoms in total. The quantitative estimate of drug-likeness (QED) is 0.762. The van der Waals surface area contributed by atoms with Crippen molar-refractivity contribution in [2.45, 2.75) is 12.3 Å². The molecular weight excluding hydrogens is 293 g/mol. The van der Waals surface area contributed by atoms with E-state index in [-0.39, 0.29) is 11.7 Å². The van der Waals surface area contributed by atoms with E-state index in [2.05, 4.69) is 5.32 Å². The van der Waals surface area contributed by atoms with Crippen LogP contribution in [-0.2, 0) is 0 Å². The van der Waals surface area contributed by atoms with Crippen molar-refractivity contribution < 1.29 is 9.18 Å². The Balaban J connectivity index is 2.15. The molecule has 0 saturated heterocycles. The lowest BCUT2D eigenvalue weighted by molar-refractivity contribution is 0.100. The van der Waals surface area contributed by atoms with Crippen molar-refractivity contribution >= 4 is 11.6 Å². The third-order valence-electron chi connectivity index (χ3n) is 4.10. The van der Waals surface area contributed by atoms with Gasteiger partial charge in [0, 0.05) is 18.2 Å². The smallest absolute Gasteiger partial charge is 0.250 e. The van der Waals surface area contributed by atoms with Gasteiger partial charge < -0.3 is 16.8 Å². The van der Waals surface area contributed by atoms with E-state index in [0.717, 1.165) is 29.7 Å². The van der Waals surface area contributed by atoms with Crippen LogP contribution < -0.4 is 16.8 Å². The summed E-state index contributed by atoms with van der Waals surface area (Å²) in [6.45, 7) is 0.841. The summed E-state index contributed by atoms with van der Waals surface area (Å²) in [5, 5.41) is 3.14. The van der Waals surface area contributed by atoms with Gasteiger partial charge in [-0.1, -0.05) is 18.2 Å². The van der Waals surface area contributed by atoms with E-state index in [9.17, 15) is 9.18 Å². The van der Waals surface area contributed by atoms with Crippen molar-refractivity contribution in [3.63, 3.8) is 0 Å². The summed E-state index contributed by atoms with van der Waals surface area (Å²) < 4.78 is 13.1. The molecular formula is C18H18FN3O. The highest BCUT2D eigenvalue weighted by Gasteiger charge is 2.19. The fourth-order valence-corrected chi connectivity index (χ4v) is 2.86. The van der Waals surface area contributed by atoms with Gasteiger partial charge in [0.25, 0.3) is 5.91 Å². The number of benzene rings is 2. The second-order valence-electron chi connectivity index (χ2n) is 5.61. The van der Waals surface area contributed by atoms with E-state index in [0.29, 0.717) is 11.3 Å². The maximum Gasteiger partial charge on any atom is 0.250 e. The van der Waals surface area contributed by atoms with Gasteiger partial charge in [-0.25, -0.2) is 4.39 Å². The molecule has 0 spiro atoms. The number of nitrogen functional groups attached to an aromatic ring is 1. The fraction of sp³-hybridized carbons (Fsp3) is 0.167. The van der Waals surface area contributed by atoms with Crippen molar-refractivity contribution in [1.82, 2.24) is 5.32 Å². The first-order valence-electron chi connectivity index (χ1n) is 7.45. The Bertz CT molecular complexity index is 769. The third kappa shape index (κ3) is 3.04. The van der Waals surface area contributed by atoms with Crippen LogP contribution in [0.2, 0.25) is 0 Å². The fourth-order valence-electron chi connectivity index (χ4n) is 2.86. The van der Waals surface area contributed by atoms with Crippen molar-refractivity contribution in [2.75, 3.05) is 12.3 Å². The van der Waals surface area contributed by atoms with E-state index >= 15 is 0 Å². The van der Waals surface area contributed by atoms with Crippen LogP contribution in [0.25, 0.3) is 11.1 Å². The highest BCUT2D eigenvalue weighted by molar-refractivity contribution is 6.00. The van der Waals surface area contributed by atoms with Crippen LogP contribution in [0.1, 0.15) is 28.3 Å². The van der Waals surface area contributed by atoms with Crippen LogP contribution in [0, 0.1) is 5.82 Å². The predicted molar refractivity (Wildman–Crippen MR) is 89.3 cm³/mol. The largest absolute Gasteiger partial charge is 0.398 e. The highest BCUT2D eigenvalue weighted by atomic mass is 19.1. The van der Waals surface area contributed by atoms with E-state index in [1.165, 1.54) is 12.1 Å². The Hall–Kier alpha value is -2.82. The van der Waals surface area contributed by atoms with Crippen LogP contribution in [0.4, 0.5) is 10.1 Å². The lowest BCUT2D eigenvalue weighted by atomic mass is 9.88. The van der Waals surface area contributed by atoms with Gasteiger partial charge in [0.2, 0.25) is 0 Å². The molecule has 0 aromatic heterocycles. The van der Waals surface area contributed by atoms with Gasteiger partial charge in [-0.3, -0.25) is 4.79 Å². The normalized spacial score (nSPS) is 16.8. The molecule has 1 aliphatic heterocycles. The molecule has 1 aliphatic rings. The number of halogens is 1. The first kappa shape index (κ1) is 15.1. The Labute approximate surface area is 134 Å². The molecule has 0 fully saturated rings. The number of carbonyl (C=O) groups excluding carboxylic acids is 1. The molecule has 0 aliphatic carbocycles. The maximum atomic E-state index is 13.1. The molecule has 2 aromatic rings. The van der Waals surface area contributed by atoms with Crippen molar-refractivity contribution in [3.05, 3.63) is 65.6 Å². The van der Waals surface area contributed by atoms with Gasteiger partial charge in [-0.2, -0.15) is 0 Å². The van der Waals surface area contributed by atoms with E-state index in [1.807, 2.05) is 18.3 Å². The SMILES string of the molecule is NC(=O)c1cc(-c2ccc(F)cc2)cc(C2C=CNCC2)c1N. The number of nitrogens with two attached hydrogens (primary N) is 2. The van der Waals surface area contributed by atoms with Gasteiger partial charge in [0.05, 0.1) is 5.56 Å². The van der Waals surface area contributed by atoms with Crippen LogP contribution in [0.3, 0.4) is 0 Å². The summed E-state index contributed by atoms with van der Waals surface area (Å²) in [5.74, 6) is -0.749. The van der Waals surface area contributed by atoms with Gasteiger partial charge in [-0.05, 0) is 53.6 Å². The standard InChI is InChI=1S/C18H18FN3O/c19-14-3-1-11(2-4-14)13-9-15(12-5-7-22-8-6-12)17(20)16(10-13)18(21)23/h1-5,7,9-10,12,22H,6,8,20H2,(H2,21,23). The Kier molecular flexibility index (Phi) is 4.02. The zero-order valence-corrected chi connectivity index (χ0v) is 12.6. The Morgan fingerprint density at radius 2 is 1.91 bits per heavy atom. The zero-order chi connectivity index (χ0) is 16.4. The second kappa shape index (κ2) is 6.12. The maximum absolute atomic E-state index is 13.1. The molecule has 0 saturated carbocycles. The molecule has 5 N–H and O–H groups in total. The van der Waals surface area contributed by atoms with E-state index in [1.54, 1.807) is 18.2 Å². The third-order valence-corrected chi connectivity index (χ3v) is 4.10. The minimum absolute atomic E-state index is 0.120. The zero-order valence-electron chi connectivity index (χ0n) is 12.6. The van der Waals surface area contributed by atoms with Crippen LogP contribution in [0.5, 0.6) is 0 Å². The molecule has 0 radical (unpaired) electrons. The number of allylic oxidation sites excluding steroid dienone is 1. The van der Waals surface area contributed by atoms with Gasteiger partial charge in [0.15, 0.2) is 0 Å². The molecule has 5 heteroatoms. The van der Waals surface area contributed by atoms with Crippen LogP contribution in [-0.4, -0.2) is 12.5 Å². The average Bonchev–Trinajstić information content (AvgIpc) is 2.56. The minimum atomic E-state index is -0.564. The van der Waals surface area contributed by atoms with Gasteiger partial charge in [-0.15, -0.1) is 0 Å². The first-order chi connectivity index (χ1) is 11.1. The number of nitrogens with one attached hydrogen (secondary N) is 1. The lowest BCUT2D eigenvalue weighted by Crippen LogP contribution is -2.19. The van der Waals surface area contributed by atoms with Crippen molar-refractivity contribution in [1.29, 1.82) is 0 Å². The summed E-state index contributed by atoms with van der Waals surface area (Å²) in [6, 6.07) is 9.75. The number of rotatable bonds is 3. The van der Waals surface area contributed by atoms with Gasteiger partial charge in [0.1, 0.15) is 5.82 Å². The summed E-state index contributed by atoms with van der Waals surface area (Å²) in [6.07, 6.45) is 4.79. The summed E-state index contributed by atoms with van der Waals surface area (Å²) in [7, 11) is 0. The topological polar surface area (TPSA) is 81.1 Å². The molecule has 2 aromatic carbocycles. The number of hydrogen-bond acceptors (Lipinski definition) is 3. The molecule has 1 heterocycles. The highest BCUT2D eigenvalue weighted by Crippen LogP contribution is 2.34. The number of amides is 1. The monoisotopic (exact) mass is 311 g/mol. The second-order valence-corrected chi connectivity index (χ2v) is 5.61. The first-order valence-corrected chi connectivity index (χ1v) is 7.45. The number of carbonyl (C=O) groups is 1. The summed E-state index contributed by atoms with van der Waals surface area (Å²) >= 11 is 0. The van der Waals surface area contributed by atoms with E-state index < -0.39 is 5.91 Å². The number of hydrogen-bond donors (Lipinski definition) is 3. The number of primary amides is 1. The summed E-state index contributed by atoms with van der Waals surface area (Å²) in [5.41, 5.74) is 14.8. The van der Waals surface area contributed by atoms with Gasteiger partial charge >= 0.3 is 0 Å². The molecule has 1 atom stereocenters. The number of anilines is 1. The molecule has 1 unspecified atom stereocenters. The molecule has 0 bridgehead atoms. The Morgan fingerprint density at radius 3 is 2.52 bits per heavy atom. The predicted octanol–water partition coefficient (Wildman–Crippen LogP) is 2.76. The molecule has 118 valence electrons. The molecule has 23 heavy (non-hydrogen) atoms. The lowest BCUT2D eigenvalue weighted by Gasteiger charge is -2.22. The molecule has 1 amide bonds.